The van der Waals surface area contributed by atoms with E-state index in [0.29, 0.717) is 12.1 Å². The number of fused-ring (bicyclic) bond motifs is 1. The van der Waals surface area contributed by atoms with Crippen LogP contribution in [0, 0.1) is 6.92 Å². The smallest absolute Gasteiger partial charge is 0.256 e. The molecule has 20 heavy (non-hydrogen) atoms. The highest BCUT2D eigenvalue weighted by Gasteiger charge is 2.16. The van der Waals surface area contributed by atoms with Crippen molar-refractivity contribution < 1.29 is 4.79 Å². The van der Waals surface area contributed by atoms with Gasteiger partial charge in [0, 0.05) is 29.5 Å². The standard InChI is InChI=1S/C15H15N3OS/c1-10-17-11(9-20-10)8-18(2)15(19)13-7-16-14-6-4-3-5-12(13)14/h3-7,9,16H,8H2,1-2H3. The van der Waals surface area contributed by atoms with Crippen molar-refractivity contribution in [3.05, 3.63) is 52.1 Å². The van der Waals surface area contributed by atoms with E-state index >= 15 is 0 Å². The normalized spacial score (nSPS) is 10.9. The average molecular weight is 285 g/mol. The van der Waals surface area contributed by atoms with Gasteiger partial charge in [-0.2, -0.15) is 0 Å². The fourth-order valence-electron chi connectivity index (χ4n) is 2.25. The molecule has 3 aromatic rings. The molecule has 0 aliphatic heterocycles. The number of para-hydroxylation sites is 1. The molecule has 0 atom stereocenters. The van der Waals surface area contributed by atoms with Gasteiger partial charge < -0.3 is 9.88 Å². The van der Waals surface area contributed by atoms with Crippen LogP contribution < -0.4 is 0 Å². The molecule has 1 amide bonds. The van der Waals surface area contributed by atoms with Crippen LogP contribution in [0.15, 0.2) is 35.8 Å². The van der Waals surface area contributed by atoms with Crippen molar-refractivity contribution in [2.45, 2.75) is 13.5 Å². The number of carbonyl (C=O) groups excluding carboxylic acids is 1. The second-order valence-corrected chi connectivity index (χ2v) is 5.83. The molecule has 2 aromatic heterocycles. The maximum atomic E-state index is 12.5. The molecule has 5 heteroatoms. The number of aromatic nitrogens is 2. The number of amides is 1. The Morgan fingerprint density at radius 1 is 1.40 bits per heavy atom. The van der Waals surface area contributed by atoms with E-state index in [1.54, 1.807) is 29.5 Å². The number of H-pyrrole nitrogens is 1. The summed E-state index contributed by atoms with van der Waals surface area (Å²) in [6.07, 6.45) is 1.77. The summed E-state index contributed by atoms with van der Waals surface area (Å²) in [4.78, 5) is 21.7. The van der Waals surface area contributed by atoms with Crippen LogP contribution in [0.25, 0.3) is 10.9 Å². The molecule has 0 aliphatic rings. The largest absolute Gasteiger partial charge is 0.360 e. The van der Waals surface area contributed by atoms with Gasteiger partial charge in [0.25, 0.3) is 5.91 Å². The van der Waals surface area contributed by atoms with E-state index in [9.17, 15) is 4.79 Å². The van der Waals surface area contributed by atoms with Gasteiger partial charge in [0.15, 0.2) is 0 Å². The zero-order valence-electron chi connectivity index (χ0n) is 11.4. The van der Waals surface area contributed by atoms with Crippen LogP contribution in [0.3, 0.4) is 0 Å². The highest BCUT2D eigenvalue weighted by Crippen LogP contribution is 2.20. The Bertz CT molecular complexity index is 759. The molecule has 1 aromatic carbocycles. The summed E-state index contributed by atoms with van der Waals surface area (Å²) in [5.41, 5.74) is 2.62. The van der Waals surface area contributed by atoms with Crippen molar-refractivity contribution in [3.8, 4) is 0 Å². The van der Waals surface area contributed by atoms with Gasteiger partial charge in [-0.1, -0.05) is 18.2 Å². The molecule has 3 rings (SSSR count). The van der Waals surface area contributed by atoms with Crippen molar-refractivity contribution in [1.82, 2.24) is 14.9 Å². The summed E-state index contributed by atoms with van der Waals surface area (Å²) in [7, 11) is 1.80. The maximum Gasteiger partial charge on any atom is 0.256 e. The number of carbonyl (C=O) groups is 1. The first-order chi connectivity index (χ1) is 9.65. The average Bonchev–Trinajstić information content (AvgIpc) is 3.04. The van der Waals surface area contributed by atoms with E-state index < -0.39 is 0 Å². The Morgan fingerprint density at radius 3 is 2.95 bits per heavy atom. The van der Waals surface area contributed by atoms with Crippen LogP contribution in [0.5, 0.6) is 0 Å². The fourth-order valence-corrected chi connectivity index (χ4v) is 2.85. The summed E-state index contributed by atoms with van der Waals surface area (Å²) < 4.78 is 0. The number of benzene rings is 1. The number of aryl methyl sites for hydroxylation is 1. The lowest BCUT2D eigenvalue weighted by Crippen LogP contribution is -2.26. The molecule has 2 heterocycles. The lowest BCUT2D eigenvalue weighted by Gasteiger charge is -2.15. The molecule has 0 fully saturated rings. The predicted molar refractivity (Wildman–Crippen MR) is 80.9 cm³/mol. The molecule has 0 radical (unpaired) electrons. The lowest BCUT2D eigenvalue weighted by molar-refractivity contribution is 0.0785. The zero-order valence-corrected chi connectivity index (χ0v) is 12.2. The van der Waals surface area contributed by atoms with Crippen LogP contribution >= 0.6 is 11.3 Å². The first-order valence-electron chi connectivity index (χ1n) is 6.38. The Morgan fingerprint density at radius 2 is 2.20 bits per heavy atom. The molecular weight excluding hydrogens is 270 g/mol. The fraction of sp³-hybridized carbons (Fsp3) is 0.200. The molecule has 0 unspecified atom stereocenters. The van der Waals surface area contributed by atoms with Crippen molar-refractivity contribution in [1.29, 1.82) is 0 Å². The van der Waals surface area contributed by atoms with Gasteiger partial charge in [-0.15, -0.1) is 11.3 Å². The Kier molecular flexibility index (Phi) is 3.28. The van der Waals surface area contributed by atoms with E-state index in [4.69, 9.17) is 0 Å². The maximum absolute atomic E-state index is 12.5. The summed E-state index contributed by atoms with van der Waals surface area (Å²) in [5.74, 6) is 0.00750. The summed E-state index contributed by atoms with van der Waals surface area (Å²) >= 11 is 1.60. The van der Waals surface area contributed by atoms with E-state index in [2.05, 4.69) is 9.97 Å². The third kappa shape index (κ3) is 2.32. The third-order valence-corrected chi connectivity index (χ3v) is 4.05. The molecule has 0 bridgehead atoms. The van der Waals surface area contributed by atoms with E-state index in [1.807, 2.05) is 36.6 Å². The van der Waals surface area contributed by atoms with Crippen LogP contribution in [-0.2, 0) is 6.54 Å². The minimum absolute atomic E-state index is 0.00750. The zero-order chi connectivity index (χ0) is 14.1. The first-order valence-corrected chi connectivity index (χ1v) is 7.25. The first kappa shape index (κ1) is 12.9. The summed E-state index contributed by atoms with van der Waals surface area (Å²) in [6.45, 7) is 2.50. The second-order valence-electron chi connectivity index (χ2n) is 4.77. The Labute approximate surface area is 121 Å². The molecule has 4 nitrogen and oxygen atoms in total. The van der Waals surface area contributed by atoms with Gasteiger partial charge in [-0.3, -0.25) is 4.79 Å². The quantitative estimate of drug-likeness (QED) is 0.803. The van der Waals surface area contributed by atoms with Gasteiger partial charge in [-0.05, 0) is 13.0 Å². The van der Waals surface area contributed by atoms with Crippen molar-refractivity contribution in [2.75, 3.05) is 7.05 Å². The molecular formula is C15H15N3OS. The highest BCUT2D eigenvalue weighted by atomic mass is 32.1. The predicted octanol–water partition coefficient (Wildman–Crippen LogP) is 3.21. The van der Waals surface area contributed by atoms with Crippen LogP contribution in [0.4, 0.5) is 0 Å². The molecule has 0 spiro atoms. The van der Waals surface area contributed by atoms with Gasteiger partial charge in [0.05, 0.1) is 22.8 Å². The molecule has 0 saturated carbocycles. The van der Waals surface area contributed by atoms with Gasteiger partial charge in [0.2, 0.25) is 0 Å². The SMILES string of the molecule is Cc1nc(CN(C)C(=O)c2c[nH]c3ccccc23)cs1. The molecule has 102 valence electrons. The van der Waals surface area contributed by atoms with Crippen LogP contribution in [0.1, 0.15) is 21.1 Å². The van der Waals surface area contributed by atoms with Gasteiger partial charge in [-0.25, -0.2) is 4.98 Å². The number of nitrogens with zero attached hydrogens (tertiary/aromatic N) is 2. The number of aromatic amines is 1. The third-order valence-electron chi connectivity index (χ3n) is 3.23. The van der Waals surface area contributed by atoms with E-state index in [1.165, 1.54) is 0 Å². The van der Waals surface area contributed by atoms with Crippen molar-refractivity contribution in [3.63, 3.8) is 0 Å². The minimum Gasteiger partial charge on any atom is -0.360 e. The van der Waals surface area contributed by atoms with E-state index in [-0.39, 0.29) is 5.91 Å². The lowest BCUT2D eigenvalue weighted by atomic mass is 10.1. The minimum atomic E-state index is 0.00750. The number of thiazole rings is 1. The summed E-state index contributed by atoms with van der Waals surface area (Å²) in [5, 5.41) is 3.97. The van der Waals surface area contributed by atoms with Crippen molar-refractivity contribution in [2.24, 2.45) is 0 Å². The van der Waals surface area contributed by atoms with Crippen molar-refractivity contribution >= 4 is 28.1 Å². The number of rotatable bonds is 3. The highest BCUT2D eigenvalue weighted by molar-refractivity contribution is 7.09. The molecule has 0 aliphatic carbocycles. The molecule has 0 saturated heterocycles. The number of nitrogens with one attached hydrogen (secondary N) is 1. The van der Waals surface area contributed by atoms with Crippen LogP contribution in [0.2, 0.25) is 0 Å². The monoisotopic (exact) mass is 285 g/mol. The van der Waals surface area contributed by atoms with Gasteiger partial charge in [0.1, 0.15) is 0 Å². The topological polar surface area (TPSA) is 49.0 Å². The van der Waals surface area contributed by atoms with Crippen LogP contribution in [-0.4, -0.2) is 27.8 Å². The summed E-state index contributed by atoms with van der Waals surface area (Å²) in [6, 6.07) is 7.82. The second kappa shape index (κ2) is 5.09. The number of hydrogen-bond acceptors (Lipinski definition) is 3. The Hall–Kier alpha value is -2.14. The van der Waals surface area contributed by atoms with Gasteiger partial charge >= 0.3 is 0 Å². The Balaban J connectivity index is 1.84. The van der Waals surface area contributed by atoms with E-state index in [0.717, 1.165) is 21.6 Å². The number of hydrogen-bond donors (Lipinski definition) is 1. The molecule has 1 N–H and O–H groups in total.